The number of Topliss-reactive ketones (excluding diaryl/α,β-unsaturated/α-hetero) is 1. The Hall–Kier alpha value is -4.72. The highest BCUT2D eigenvalue weighted by Gasteiger charge is 2.23. The summed E-state index contributed by atoms with van der Waals surface area (Å²) < 4.78 is 8.32. The van der Waals surface area contributed by atoms with Crippen LogP contribution >= 0.6 is 0 Å². The fourth-order valence-corrected chi connectivity index (χ4v) is 3.37. The van der Waals surface area contributed by atoms with Crippen molar-refractivity contribution in [3.63, 3.8) is 0 Å². The van der Waals surface area contributed by atoms with Crippen LogP contribution in [0.25, 0.3) is 11.8 Å². The molecule has 0 atom stereocenters. The molecule has 0 aliphatic carbocycles. The molecule has 0 radical (unpaired) electrons. The molecular weight excluding hydrogens is 440 g/mol. The normalized spacial score (nSPS) is 11.2. The SMILES string of the molecule is Cc1nn(-c2ccccc2)c(C)c1/C=C(\C#N)C(=O)OCC(=O)c1c(N)n(C)c(=O)n(C)c1=O. The quantitative estimate of drug-likeness (QED) is 0.244. The lowest BCUT2D eigenvalue weighted by Gasteiger charge is -2.10. The van der Waals surface area contributed by atoms with Gasteiger partial charge in [-0.1, -0.05) is 18.2 Å². The van der Waals surface area contributed by atoms with E-state index in [2.05, 4.69) is 5.10 Å². The van der Waals surface area contributed by atoms with Crippen LogP contribution in [-0.2, 0) is 23.6 Å². The van der Waals surface area contributed by atoms with E-state index in [0.29, 0.717) is 17.0 Å². The number of benzene rings is 1. The van der Waals surface area contributed by atoms with Gasteiger partial charge in [-0.3, -0.25) is 18.7 Å². The van der Waals surface area contributed by atoms with Gasteiger partial charge in [-0.15, -0.1) is 0 Å². The van der Waals surface area contributed by atoms with E-state index in [1.807, 2.05) is 30.3 Å². The number of ketones is 1. The number of hydrogen-bond donors (Lipinski definition) is 1. The van der Waals surface area contributed by atoms with Gasteiger partial charge in [0.25, 0.3) is 5.56 Å². The number of hydrogen-bond acceptors (Lipinski definition) is 8. The van der Waals surface area contributed by atoms with E-state index in [1.54, 1.807) is 24.6 Å². The Morgan fingerprint density at radius 1 is 1.15 bits per heavy atom. The van der Waals surface area contributed by atoms with Crippen LogP contribution in [0, 0.1) is 25.2 Å². The number of nitrogens with two attached hydrogens (primary N) is 1. The number of para-hydroxylation sites is 1. The number of nitrogen functional groups attached to an aromatic ring is 1. The number of nitriles is 1. The second-order valence-electron chi connectivity index (χ2n) is 7.47. The molecule has 0 saturated heterocycles. The van der Waals surface area contributed by atoms with Crippen LogP contribution in [0.15, 0.2) is 45.5 Å². The molecule has 2 N–H and O–H groups in total. The molecule has 3 rings (SSSR count). The number of rotatable bonds is 6. The van der Waals surface area contributed by atoms with Gasteiger partial charge in [0.1, 0.15) is 23.0 Å². The van der Waals surface area contributed by atoms with Crippen molar-refractivity contribution in [2.45, 2.75) is 13.8 Å². The minimum Gasteiger partial charge on any atom is -0.453 e. The fourth-order valence-electron chi connectivity index (χ4n) is 3.37. The number of esters is 1. The highest BCUT2D eigenvalue weighted by Crippen LogP contribution is 2.21. The van der Waals surface area contributed by atoms with Crippen LogP contribution in [0.1, 0.15) is 27.3 Å². The zero-order chi connectivity index (χ0) is 25.2. The zero-order valence-corrected chi connectivity index (χ0v) is 19.0. The topological polar surface area (TPSA) is 155 Å². The third-order valence-corrected chi connectivity index (χ3v) is 5.30. The predicted octanol–water partition coefficient (Wildman–Crippen LogP) is 0.802. The summed E-state index contributed by atoms with van der Waals surface area (Å²) in [5.74, 6) is -2.30. The van der Waals surface area contributed by atoms with Crippen molar-refractivity contribution in [2.24, 2.45) is 14.1 Å². The van der Waals surface area contributed by atoms with Gasteiger partial charge in [0.15, 0.2) is 6.61 Å². The number of aromatic nitrogens is 4. The summed E-state index contributed by atoms with van der Waals surface area (Å²) in [6.45, 7) is 2.69. The van der Waals surface area contributed by atoms with Crippen molar-refractivity contribution < 1.29 is 14.3 Å². The number of nitrogens with zero attached hydrogens (tertiary/aromatic N) is 5. The van der Waals surface area contributed by atoms with Crippen LogP contribution in [0.5, 0.6) is 0 Å². The molecule has 0 aliphatic rings. The summed E-state index contributed by atoms with van der Waals surface area (Å²) in [4.78, 5) is 49.3. The Morgan fingerprint density at radius 2 is 1.79 bits per heavy atom. The van der Waals surface area contributed by atoms with Crippen LogP contribution in [-0.4, -0.2) is 37.3 Å². The molecule has 174 valence electrons. The first kappa shape index (κ1) is 23.9. The molecule has 2 aromatic heterocycles. The maximum atomic E-state index is 12.5. The number of aryl methyl sites for hydroxylation is 1. The number of anilines is 1. The average molecular weight is 462 g/mol. The molecule has 0 bridgehead atoms. The number of carbonyl (C=O) groups excluding carboxylic acids is 2. The molecule has 11 heteroatoms. The molecule has 0 amide bonds. The van der Waals surface area contributed by atoms with E-state index in [0.717, 1.165) is 14.8 Å². The maximum Gasteiger partial charge on any atom is 0.349 e. The molecule has 0 saturated carbocycles. The molecule has 0 spiro atoms. The standard InChI is InChI=1S/C23H22N6O5/c1-13-17(14(2)29(26-13)16-8-6-5-7-9-16)10-15(11-24)22(32)34-12-18(30)19-20(25)27(3)23(33)28(4)21(19)31/h5-10H,12,25H2,1-4H3/b15-10+. The summed E-state index contributed by atoms with van der Waals surface area (Å²) >= 11 is 0. The second kappa shape index (κ2) is 9.41. The Balaban J connectivity index is 1.86. The molecule has 0 unspecified atom stereocenters. The Kier molecular flexibility index (Phi) is 6.63. The fraction of sp³-hybridized carbons (Fsp3) is 0.217. The van der Waals surface area contributed by atoms with Gasteiger partial charge < -0.3 is 10.5 Å². The Bertz CT molecular complexity index is 1490. The predicted molar refractivity (Wildman–Crippen MR) is 123 cm³/mol. The van der Waals surface area contributed by atoms with Crippen molar-refractivity contribution >= 4 is 23.6 Å². The van der Waals surface area contributed by atoms with E-state index in [9.17, 15) is 24.4 Å². The van der Waals surface area contributed by atoms with Crippen molar-refractivity contribution in [2.75, 3.05) is 12.3 Å². The van der Waals surface area contributed by atoms with Gasteiger partial charge in [0.2, 0.25) is 5.78 Å². The summed E-state index contributed by atoms with van der Waals surface area (Å²) in [7, 11) is 2.50. The van der Waals surface area contributed by atoms with Crippen molar-refractivity contribution in [3.05, 3.63) is 79.3 Å². The lowest BCUT2D eigenvalue weighted by molar-refractivity contribution is -0.137. The monoisotopic (exact) mass is 462 g/mol. The highest BCUT2D eigenvalue weighted by molar-refractivity contribution is 6.03. The molecule has 1 aromatic carbocycles. The summed E-state index contributed by atoms with van der Waals surface area (Å²) in [6, 6.07) is 11.1. The smallest absolute Gasteiger partial charge is 0.349 e. The Morgan fingerprint density at radius 3 is 2.41 bits per heavy atom. The minimum absolute atomic E-state index is 0.343. The van der Waals surface area contributed by atoms with Crippen LogP contribution in [0.4, 0.5) is 5.82 Å². The molecule has 11 nitrogen and oxygen atoms in total. The van der Waals surface area contributed by atoms with Gasteiger partial charge in [-0.2, -0.15) is 10.4 Å². The molecule has 2 heterocycles. The van der Waals surface area contributed by atoms with Gasteiger partial charge in [0.05, 0.1) is 11.4 Å². The molecule has 0 fully saturated rings. The van der Waals surface area contributed by atoms with E-state index < -0.39 is 35.2 Å². The van der Waals surface area contributed by atoms with Crippen molar-refractivity contribution in [3.8, 4) is 11.8 Å². The van der Waals surface area contributed by atoms with Crippen LogP contribution in [0.2, 0.25) is 0 Å². The lowest BCUT2D eigenvalue weighted by Crippen LogP contribution is -2.42. The lowest BCUT2D eigenvalue weighted by atomic mass is 10.1. The summed E-state index contributed by atoms with van der Waals surface area (Å²) in [5, 5.41) is 14.0. The maximum absolute atomic E-state index is 12.5. The van der Waals surface area contributed by atoms with Crippen molar-refractivity contribution in [1.29, 1.82) is 5.26 Å². The largest absolute Gasteiger partial charge is 0.453 e. The molecule has 0 aliphatic heterocycles. The summed E-state index contributed by atoms with van der Waals surface area (Å²) in [5.41, 5.74) is 5.96. The zero-order valence-electron chi connectivity index (χ0n) is 19.0. The van der Waals surface area contributed by atoms with Gasteiger partial charge in [-0.25, -0.2) is 14.3 Å². The molecular formula is C23H22N6O5. The minimum atomic E-state index is -1.05. The van der Waals surface area contributed by atoms with E-state index in [4.69, 9.17) is 10.5 Å². The third-order valence-electron chi connectivity index (χ3n) is 5.30. The first-order chi connectivity index (χ1) is 16.1. The first-order valence-corrected chi connectivity index (χ1v) is 10.1. The van der Waals surface area contributed by atoms with Crippen molar-refractivity contribution in [1.82, 2.24) is 18.9 Å². The number of carbonyl (C=O) groups is 2. The van der Waals surface area contributed by atoms with Gasteiger partial charge in [-0.05, 0) is 32.1 Å². The second-order valence-corrected chi connectivity index (χ2v) is 7.47. The average Bonchev–Trinajstić information content (AvgIpc) is 3.11. The van der Waals surface area contributed by atoms with Crippen LogP contribution in [0.3, 0.4) is 0 Å². The van der Waals surface area contributed by atoms with Gasteiger partial charge >= 0.3 is 11.7 Å². The highest BCUT2D eigenvalue weighted by atomic mass is 16.5. The van der Waals surface area contributed by atoms with E-state index >= 15 is 0 Å². The third kappa shape index (κ3) is 4.29. The summed E-state index contributed by atoms with van der Waals surface area (Å²) in [6.07, 6.45) is 1.34. The van der Waals surface area contributed by atoms with Gasteiger partial charge in [0, 0.05) is 25.4 Å². The molecule has 34 heavy (non-hydrogen) atoms. The molecule has 3 aromatic rings. The van der Waals surface area contributed by atoms with E-state index in [1.165, 1.54) is 20.2 Å². The van der Waals surface area contributed by atoms with Crippen LogP contribution < -0.4 is 17.0 Å². The number of ether oxygens (including phenoxy) is 1. The first-order valence-electron chi connectivity index (χ1n) is 10.1. The van der Waals surface area contributed by atoms with E-state index in [-0.39, 0.29) is 11.4 Å². The Labute approximate surface area is 193 Å².